The molecule has 10 nitrogen and oxygen atoms in total. The van der Waals surface area contributed by atoms with Crippen molar-refractivity contribution >= 4 is 44.8 Å². The summed E-state index contributed by atoms with van der Waals surface area (Å²) in [6.45, 7) is 0. The number of methoxy groups -OCH3 is 1. The SMILES string of the molecule is COc1ccc(NS(=O)(=O)c2ccc(NC(=S)NC(=O)c3ccncc3)cc2)nn1. The summed E-state index contributed by atoms with van der Waals surface area (Å²) in [4.78, 5) is 15.9. The number of thiocarbonyl (C=S) groups is 1. The third-order valence-electron chi connectivity index (χ3n) is 3.68. The Balaban J connectivity index is 1.62. The van der Waals surface area contributed by atoms with Gasteiger partial charge < -0.3 is 10.1 Å². The van der Waals surface area contributed by atoms with E-state index in [-0.39, 0.29) is 27.6 Å². The Morgan fingerprint density at radius 1 is 1.00 bits per heavy atom. The molecule has 0 fully saturated rings. The zero-order chi connectivity index (χ0) is 21.6. The summed E-state index contributed by atoms with van der Waals surface area (Å²) in [5.41, 5.74) is 0.904. The summed E-state index contributed by atoms with van der Waals surface area (Å²) < 4.78 is 32.2. The maximum absolute atomic E-state index is 12.5. The number of amides is 1. The minimum Gasteiger partial charge on any atom is -0.480 e. The first-order valence-corrected chi connectivity index (χ1v) is 10.3. The van der Waals surface area contributed by atoms with Crippen LogP contribution in [0.5, 0.6) is 5.88 Å². The van der Waals surface area contributed by atoms with Crippen molar-refractivity contribution in [2.24, 2.45) is 0 Å². The minimum absolute atomic E-state index is 0.0115. The zero-order valence-electron chi connectivity index (χ0n) is 15.6. The maximum Gasteiger partial charge on any atom is 0.263 e. The van der Waals surface area contributed by atoms with Crippen LogP contribution in [0, 0.1) is 0 Å². The number of pyridine rings is 1. The van der Waals surface area contributed by atoms with Gasteiger partial charge in [-0.3, -0.25) is 19.8 Å². The van der Waals surface area contributed by atoms with E-state index in [2.05, 4.69) is 30.5 Å². The van der Waals surface area contributed by atoms with E-state index in [0.29, 0.717) is 11.3 Å². The van der Waals surface area contributed by atoms with Crippen molar-refractivity contribution in [3.8, 4) is 5.88 Å². The summed E-state index contributed by atoms with van der Waals surface area (Å²) in [6, 6.07) is 11.8. The highest BCUT2D eigenvalue weighted by Gasteiger charge is 2.15. The highest BCUT2D eigenvalue weighted by atomic mass is 32.2. The number of rotatable bonds is 6. The van der Waals surface area contributed by atoms with Crippen LogP contribution in [0.1, 0.15) is 10.4 Å². The summed E-state index contributed by atoms with van der Waals surface area (Å²) in [5, 5.41) is 12.9. The lowest BCUT2D eigenvalue weighted by molar-refractivity contribution is 0.0977. The Morgan fingerprint density at radius 2 is 1.70 bits per heavy atom. The molecule has 1 aromatic carbocycles. The number of carbonyl (C=O) groups excluding carboxylic acids is 1. The van der Waals surface area contributed by atoms with E-state index < -0.39 is 10.0 Å². The molecule has 2 aromatic heterocycles. The largest absolute Gasteiger partial charge is 0.480 e. The summed E-state index contributed by atoms with van der Waals surface area (Å²) in [7, 11) is -2.43. The number of anilines is 2. The summed E-state index contributed by atoms with van der Waals surface area (Å²) >= 11 is 5.11. The molecule has 0 atom stereocenters. The molecule has 0 radical (unpaired) electrons. The predicted octanol–water partition coefficient (Wildman–Crippen LogP) is 1.81. The molecule has 3 aromatic rings. The number of benzene rings is 1. The van der Waals surface area contributed by atoms with Gasteiger partial charge in [-0.15, -0.1) is 10.2 Å². The van der Waals surface area contributed by atoms with Crippen LogP contribution in [0.4, 0.5) is 11.5 Å². The zero-order valence-corrected chi connectivity index (χ0v) is 17.2. The molecule has 30 heavy (non-hydrogen) atoms. The van der Waals surface area contributed by atoms with Gasteiger partial charge in [0.15, 0.2) is 10.9 Å². The quantitative estimate of drug-likeness (QED) is 0.486. The molecule has 0 saturated carbocycles. The molecule has 0 spiro atoms. The number of hydrogen-bond acceptors (Lipinski definition) is 8. The number of nitrogens with zero attached hydrogens (tertiary/aromatic N) is 3. The van der Waals surface area contributed by atoms with Gasteiger partial charge in [-0.2, -0.15) is 0 Å². The van der Waals surface area contributed by atoms with Crippen LogP contribution in [0.15, 0.2) is 65.8 Å². The van der Waals surface area contributed by atoms with Crippen molar-refractivity contribution in [1.29, 1.82) is 0 Å². The standard InChI is InChI=1S/C18H16N6O4S2/c1-28-16-7-6-15(22-23-16)24-30(26,27)14-4-2-13(3-5-14)20-18(29)21-17(25)12-8-10-19-11-9-12/h2-11H,1H3,(H,22,24)(H2,20,21,25,29). The van der Waals surface area contributed by atoms with E-state index in [1.165, 1.54) is 55.9 Å². The molecule has 3 rings (SSSR count). The fourth-order valence-electron chi connectivity index (χ4n) is 2.24. The van der Waals surface area contributed by atoms with Crippen LogP contribution >= 0.6 is 12.2 Å². The second kappa shape index (κ2) is 9.24. The molecule has 0 bridgehead atoms. The lowest BCUT2D eigenvalue weighted by atomic mass is 10.2. The third-order valence-corrected chi connectivity index (χ3v) is 5.25. The smallest absolute Gasteiger partial charge is 0.263 e. The minimum atomic E-state index is -3.86. The van der Waals surface area contributed by atoms with E-state index in [0.717, 1.165) is 0 Å². The number of hydrogen-bond donors (Lipinski definition) is 3. The normalized spacial score (nSPS) is 10.7. The van der Waals surface area contributed by atoms with E-state index >= 15 is 0 Å². The first kappa shape index (κ1) is 21.1. The predicted molar refractivity (Wildman–Crippen MR) is 114 cm³/mol. The Hall–Kier alpha value is -3.64. The average Bonchev–Trinajstić information content (AvgIpc) is 2.75. The highest BCUT2D eigenvalue weighted by Crippen LogP contribution is 2.17. The number of nitrogens with one attached hydrogen (secondary N) is 3. The van der Waals surface area contributed by atoms with Gasteiger partial charge in [0.25, 0.3) is 15.9 Å². The molecule has 2 heterocycles. The van der Waals surface area contributed by atoms with E-state index in [9.17, 15) is 13.2 Å². The third kappa shape index (κ3) is 5.46. The molecule has 12 heteroatoms. The van der Waals surface area contributed by atoms with Crippen molar-refractivity contribution in [1.82, 2.24) is 20.5 Å². The second-order valence-corrected chi connectivity index (χ2v) is 7.83. The van der Waals surface area contributed by atoms with Crippen LogP contribution in [0.3, 0.4) is 0 Å². The van der Waals surface area contributed by atoms with Gasteiger partial charge in [0.1, 0.15) is 0 Å². The Bertz CT molecular complexity index is 1140. The lowest BCUT2D eigenvalue weighted by Crippen LogP contribution is -2.34. The maximum atomic E-state index is 12.5. The molecule has 0 aliphatic carbocycles. The molecule has 0 aliphatic heterocycles. The molecule has 0 saturated heterocycles. The molecular weight excluding hydrogens is 428 g/mol. The Morgan fingerprint density at radius 3 is 2.30 bits per heavy atom. The molecule has 1 amide bonds. The summed E-state index contributed by atoms with van der Waals surface area (Å²) in [5.74, 6) is -0.0720. The van der Waals surface area contributed by atoms with Gasteiger partial charge in [0.2, 0.25) is 5.88 Å². The lowest BCUT2D eigenvalue weighted by Gasteiger charge is -2.11. The van der Waals surface area contributed by atoms with Crippen LogP contribution < -0.4 is 20.1 Å². The van der Waals surface area contributed by atoms with E-state index in [1.54, 1.807) is 12.1 Å². The monoisotopic (exact) mass is 444 g/mol. The van der Waals surface area contributed by atoms with Gasteiger partial charge in [0, 0.05) is 29.7 Å². The van der Waals surface area contributed by atoms with Gasteiger partial charge in [-0.05, 0) is 54.7 Å². The van der Waals surface area contributed by atoms with Gasteiger partial charge >= 0.3 is 0 Å². The van der Waals surface area contributed by atoms with Crippen molar-refractivity contribution in [3.05, 3.63) is 66.5 Å². The molecule has 154 valence electrons. The van der Waals surface area contributed by atoms with Crippen LogP contribution in [-0.4, -0.2) is 41.7 Å². The fraction of sp³-hybridized carbons (Fsp3) is 0.0556. The van der Waals surface area contributed by atoms with Gasteiger partial charge in [-0.1, -0.05) is 0 Å². The molecule has 0 aliphatic rings. The number of sulfonamides is 1. The Labute approximate surface area is 177 Å². The van der Waals surface area contributed by atoms with Crippen LogP contribution in [0.25, 0.3) is 0 Å². The molecular formula is C18H16N6O4S2. The van der Waals surface area contributed by atoms with Crippen LogP contribution in [0.2, 0.25) is 0 Å². The first-order valence-electron chi connectivity index (χ1n) is 8.40. The molecule has 0 unspecified atom stereocenters. The fourth-order valence-corrected chi connectivity index (χ4v) is 3.45. The number of ether oxygens (including phenoxy) is 1. The average molecular weight is 444 g/mol. The van der Waals surface area contributed by atoms with Crippen molar-refractivity contribution in [2.45, 2.75) is 4.90 Å². The van der Waals surface area contributed by atoms with Gasteiger partial charge in [0.05, 0.1) is 12.0 Å². The second-order valence-electron chi connectivity index (χ2n) is 5.73. The highest BCUT2D eigenvalue weighted by molar-refractivity contribution is 7.92. The Kier molecular flexibility index (Phi) is 6.49. The number of aromatic nitrogens is 3. The van der Waals surface area contributed by atoms with Crippen molar-refractivity contribution in [2.75, 3.05) is 17.1 Å². The van der Waals surface area contributed by atoms with E-state index in [1.807, 2.05) is 0 Å². The van der Waals surface area contributed by atoms with Crippen molar-refractivity contribution < 1.29 is 17.9 Å². The first-order chi connectivity index (χ1) is 14.4. The van der Waals surface area contributed by atoms with Crippen LogP contribution in [-0.2, 0) is 10.0 Å². The molecule has 3 N–H and O–H groups in total. The summed E-state index contributed by atoms with van der Waals surface area (Å²) in [6.07, 6.45) is 2.99. The van der Waals surface area contributed by atoms with Crippen molar-refractivity contribution in [3.63, 3.8) is 0 Å². The van der Waals surface area contributed by atoms with E-state index in [4.69, 9.17) is 17.0 Å². The van der Waals surface area contributed by atoms with Gasteiger partial charge in [-0.25, -0.2) is 8.42 Å². The number of carbonyl (C=O) groups is 1. The topological polar surface area (TPSA) is 135 Å².